The topological polar surface area (TPSA) is 95.7 Å². The molecule has 0 amide bonds. The summed E-state index contributed by atoms with van der Waals surface area (Å²) >= 11 is 0. The van der Waals surface area contributed by atoms with Crippen molar-refractivity contribution >= 4 is 22.5 Å². The number of aromatic nitrogens is 4. The summed E-state index contributed by atoms with van der Waals surface area (Å²) in [6, 6.07) is 6.14. The number of nitrogens with two attached hydrogens (primary N) is 1. The summed E-state index contributed by atoms with van der Waals surface area (Å²) in [7, 11) is 1.62. The molecule has 0 spiro atoms. The van der Waals surface area contributed by atoms with Gasteiger partial charge in [0.15, 0.2) is 11.5 Å². The number of nitrogens with zero attached hydrogens (tertiary/aromatic N) is 6. The Labute approximate surface area is 194 Å². The summed E-state index contributed by atoms with van der Waals surface area (Å²) in [5.41, 5.74) is 7.50. The van der Waals surface area contributed by atoms with Crippen molar-refractivity contribution in [1.29, 1.82) is 0 Å². The van der Waals surface area contributed by atoms with E-state index in [9.17, 15) is 0 Å². The summed E-state index contributed by atoms with van der Waals surface area (Å²) in [5.74, 6) is 1.73. The molecule has 8 nitrogen and oxygen atoms in total. The van der Waals surface area contributed by atoms with Crippen molar-refractivity contribution < 1.29 is 62.9 Å². The van der Waals surface area contributed by atoms with E-state index in [1.807, 2.05) is 18.2 Å². The quantitative estimate of drug-likeness (QED) is 0.560. The molecule has 2 aromatic heterocycles. The molecule has 3 aromatic rings. The molecular formula is C16H20N7ORb. The normalized spacial score (nSPS) is 18.4. The maximum atomic E-state index is 6.08. The van der Waals surface area contributed by atoms with E-state index in [4.69, 9.17) is 15.5 Å². The summed E-state index contributed by atoms with van der Waals surface area (Å²) in [6.45, 7) is 5.51. The number of anilines is 1. The van der Waals surface area contributed by atoms with E-state index in [1.165, 1.54) is 0 Å². The Hall–Kier alpha value is -0.645. The molecule has 1 aromatic carbocycles. The van der Waals surface area contributed by atoms with Crippen molar-refractivity contribution in [3.63, 3.8) is 0 Å². The van der Waals surface area contributed by atoms with E-state index >= 15 is 0 Å². The zero-order valence-corrected chi connectivity index (χ0v) is 19.7. The van der Waals surface area contributed by atoms with Crippen molar-refractivity contribution in [1.82, 2.24) is 24.5 Å². The first-order valence-electron chi connectivity index (χ1n) is 8.02. The fourth-order valence-corrected chi connectivity index (χ4v) is 3.13. The number of rotatable bonds is 3. The van der Waals surface area contributed by atoms with Gasteiger partial charge in [0.05, 0.1) is 13.7 Å². The second-order valence-electron chi connectivity index (χ2n) is 6.04. The van der Waals surface area contributed by atoms with Crippen LogP contribution >= 0.6 is 0 Å². The molecule has 1 fully saturated rings. The monoisotopic (exact) mass is 411 g/mol. The second kappa shape index (κ2) is 7.93. The Morgan fingerprint density at radius 3 is 2.96 bits per heavy atom. The maximum Gasteiger partial charge on any atom is 1.00 e. The number of hydrogen-bond acceptors (Lipinski definition) is 6. The zero-order valence-electron chi connectivity index (χ0n) is 14.8. The Balaban J connectivity index is 0.00000182. The molecule has 0 unspecified atom stereocenters. The largest absolute Gasteiger partial charge is 1.00 e. The van der Waals surface area contributed by atoms with Gasteiger partial charge in [-0.05, 0) is 24.7 Å². The zero-order chi connectivity index (χ0) is 16.7. The van der Waals surface area contributed by atoms with Gasteiger partial charge < -0.3 is 15.8 Å². The van der Waals surface area contributed by atoms with Crippen LogP contribution < -0.4 is 68.7 Å². The molecule has 126 valence electrons. The van der Waals surface area contributed by atoms with Crippen LogP contribution in [0.2, 0.25) is 0 Å². The van der Waals surface area contributed by atoms with Gasteiger partial charge in [-0.25, -0.2) is 9.97 Å². The molecule has 0 bridgehead atoms. The summed E-state index contributed by atoms with van der Waals surface area (Å²) in [4.78, 5) is 11.5. The smallest absolute Gasteiger partial charge is 0.660 e. The first kappa shape index (κ1) is 19.1. The van der Waals surface area contributed by atoms with Crippen LogP contribution in [0.4, 0.5) is 5.95 Å². The molecule has 1 atom stereocenters. The Bertz CT molecular complexity index is 897. The number of piperazine rings is 1. The Morgan fingerprint density at radius 1 is 1.36 bits per heavy atom. The molecule has 4 rings (SSSR count). The van der Waals surface area contributed by atoms with Gasteiger partial charge in [0, 0.05) is 5.39 Å². The average Bonchev–Trinajstić information content (AvgIpc) is 3.01. The number of hydrogen-bond donors (Lipinski definition) is 1. The third-order valence-corrected chi connectivity index (χ3v) is 4.46. The van der Waals surface area contributed by atoms with E-state index < -0.39 is 0 Å². The van der Waals surface area contributed by atoms with Crippen LogP contribution in [0.15, 0.2) is 18.2 Å². The number of benzene rings is 1. The van der Waals surface area contributed by atoms with Crippen molar-refractivity contribution in [3.05, 3.63) is 29.3 Å². The second-order valence-corrected chi connectivity index (χ2v) is 6.04. The van der Waals surface area contributed by atoms with Crippen molar-refractivity contribution in [2.75, 3.05) is 32.5 Å². The minimum Gasteiger partial charge on any atom is -0.660 e. The van der Waals surface area contributed by atoms with Crippen molar-refractivity contribution in [3.8, 4) is 5.75 Å². The van der Waals surface area contributed by atoms with Gasteiger partial charge >= 0.3 is 58.2 Å². The molecular weight excluding hydrogens is 392 g/mol. The molecule has 0 saturated carbocycles. The van der Waals surface area contributed by atoms with Gasteiger partial charge in [-0.2, -0.15) is 4.52 Å². The standard InChI is InChI=1S/C16H20N7O.Rb/c1-10-8-18-6-7-22(10)9-13-19-15-11-4-3-5-12(24-2)14(11)20-16(17)23(15)21-13;/h3-5,10H,6-9H2,1-2H3,(H2,17,20);/q-1;+1/t10-;/m1./s1. The van der Waals surface area contributed by atoms with Gasteiger partial charge in [0.25, 0.3) is 0 Å². The minimum atomic E-state index is 0. The first-order valence-corrected chi connectivity index (χ1v) is 8.02. The molecule has 25 heavy (non-hydrogen) atoms. The number of para-hydroxylation sites is 1. The van der Waals surface area contributed by atoms with Gasteiger partial charge in [0.2, 0.25) is 5.95 Å². The predicted octanol–water partition coefficient (Wildman–Crippen LogP) is -1.55. The Morgan fingerprint density at radius 2 is 2.20 bits per heavy atom. The molecule has 2 N–H and O–H groups in total. The van der Waals surface area contributed by atoms with E-state index in [-0.39, 0.29) is 58.2 Å². The van der Waals surface area contributed by atoms with Crippen molar-refractivity contribution in [2.45, 2.75) is 19.5 Å². The third-order valence-electron chi connectivity index (χ3n) is 4.46. The van der Waals surface area contributed by atoms with Gasteiger partial charge in [-0.15, -0.1) is 18.2 Å². The SMILES string of the molecule is COc1cccc2c1nc(N)n1nc(CN3CC[N-]C[C@H]3C)nc21.[Rb+]. The summed E-state index contributed by atoms with van der Waals surface area (Å²) in [5, 5.41) is 9.87. The molecule has 1 saturated heterocycles. The van der Waals surface area contributed by atoms with Crippen LogP contribution in [0.3, 0.4) is 0 Å². The van der Waals surface area contributed by atoms with Crippen LogP contribution in [0.25, 0.3) is 21.9 Å². The van der Waals surface area contributed by atoms with Crippen LogP contribution in [-0.2, 0) is 6.54 Å². The van der Waals surface area contributed by atoms with Crippen LogP contribution in [-0.4, -0.2) is 57.3 Å². The average molecular weight is 412 g/mol. The maximum absolute atomic E-state index is 6.08. The third kappa shape index (κ3) is 3.61. The molecule has 0 aliphatic carbocycles. The van der Waals surface area contributed by atoms with E-state index in [0.29, 0.717) is 35.4 Å². The fourth-order valence-electron chi connectivity index (χ4n) is 3.13. The van der Waals surface area contributed by atoms with E-state index in [0.717, 1.165) is 30.8 Å². The Kier molecular flexibility index (Phi) is 6.07. The number of nitrogen functional groups attached to an aromatic ring is 1. The predicted molar refractivity (Wildman–Crippen MR) is 92.2 cm³/mol. The first-order chi connectivity index (χ1) is 11.7. The number of methoxy groups -OCH3 is 1. The van der Waals surface area contributed by atoms with Crippen LogP contribution in [0.1, 0.15) is 12.7 Å². The fraction of sp³-hybridized carbons (Fsp3) is 0.438. The molecule has 3 heterocycles. The van der Waals surface area contributed by atoms with E-state index in [2.05, 4.69) is 27.2 Å². The molecule has 1 aliphatic heterocycles. The van der Waals surface area contributed by atoms with Crippen molar-refractivity contribution in [2.24, 2.45) is 0 Å². The van der Waals surface area contributed by atoms with E-state index in [1.54, 1.807) is 11.6 Å². The minimum absolute atomic E-state index is 0. The number of fused-ring (bicyclic) bond motifs is 3. The van der Waals surface area contributed by atoms with Gasteiger partial charge in [-0.3, -0.25) is 4.90 Å². The molecule has 1 aliphatic rings. The summed E-state index contributed by atoms with van der Waals surface area (Å²) < 4.78 is 6.99. The van der Waals surface area contributed by atoms with Crippen LogP contribution in [0.5, 0.6) is 5.75 Å². The molecule has 0 radical (unpaired) electrons. The summed E-state index contributed by atoms with van der Waals surface area (Å²) in [6.07, 6.45) is 0. The van der Waals surface area contributed by atoms with Crippen LogP contribution in [0, 0.1) is 0 Å². The van der Waals surface area contributed by atoms with Gasteiger partial charge in [0.1, 0.15) is 11.3 Å². The number of ether oxygens (including phenoxy) is 1. The molecule has 9 heteroatoms. The van der Waals surface area contributed by atoms with Gasteiger partial charge in [-0.1, -0.05) is 13.0 Å².